The molecule has 17 heavy (non-hydrogen) atoms. The first-order valence-electron chi connectivity index (χ1n) is 5.59. The van der Waals surface area contributed by atoms with E-state index in [1.807, 2.05) is 0 Å². The molecule has 5 heteroatoms. The molecule has 1 aromatic rings. The van der Waals surface area contributed by atoms with Gasteiger partial charge >= 0.3 is 5.97 Å². The smallest absolute Gasteiger partial charge is 0.335 e. The molecule has 7 N–H and O–H groups in total. The second kappa shape index (κ2) is 6.22. The van der Waals surface area contributed by atoms with Crippen molar-refractivity contribution in [2.75, 3.05) is 5.73 Å². The molecule has 0 spiro atoms. The molecule has 0 saturated heterocycles. The van der Waals surface area contributed by atoms with E-state index >= 15 is 0 Å². The molecule has 1 saturated carbocycles. The van der Waals surface area contributed by atoms with E-state index in [-0.39, 0.29) is 5.56 Å². The number of carboxylic acid groups (broad SMARTS) is 1. The van der Waals surface area contributed by atoms with Crippen LogP contribution in [-0.2, 0) is 0 Å². The lowest BCUT2D eigenvalue weighted by atomic mass is 10.2. The summed E-state index contributed by atoms with van der Waals surface area (Å²) in [6.07, 6.45) is 3.28. The van der Waals surface area contributed by atoms with Crippen molar-refractivity contribution in [1.82, 2.24) is 0 Å². The highest BCUT2D eigenvalue weighted by molar-refractivity contribution is 5.88. The maximum absolute atomic E-state index is 10.3. The number of benzene rings is 1. The summed E-state index contributed by atoms with van der Waals surface area (Å²) in [4.78, 5) is 10.3. The molecule has 5 nitrogen and oxygen atoms in total. The lowest BCUT2D eigenvalue weighted by molar-refractivity contribution is 0.0697. The third-order valence-corrected chi connectivity index (χ3v) is 2.65. The molecular formula is C12H19N3O2. The summed E-state index contributed by atoms with van der Waals surface area (Å²) < 4.78 is 0. The van der Waals surface area contributed by atoms with Crippen molar-refractivity contribution in [3.05, 3.63) is 29.8 Å². The van der Waals surface area contributed by atoms with Gasteiger partial charge < -0.3 is 22.3 Å². The molecule has 1 aliphatic carbocycles. The largest absolute Gasteiger partial charge is 0.478 e. The van der Waals surface area contributed by atoms with E-state index in [4.69, 9.17) is 22.3 Å². The number of carbonyl (C=O) groups is 1. The highest BCUT2D eigenvalue weighted by atomic mass is 16.4. The summed E-state index contributed by atoms with van der Waals surface area (Å²) in [6, 6.07) is 6.97. The average Bonchev–Trinajstić information content (AvgIpc) is 2.63. The zero-order valence-corrected chi connectivity index (χ0v) is 9.67. The van der Waals surface area contributed by atoms with Gasteiger partial charge in [0, 0.05) is 17.8 Å². The van der Waals surface area contributed by atoms with Gasteiger partial charge in [-0.15, -0.1) is 0 Å². The minimum absolute atomic E-state index is 0.222. The van der Waals surface area contributed by atoms with Crippen molar-refractivity contribution in [3.8, 4) is 0 Å². The van der Waals surface area contributed by atoms with Crippen molar-refractivity contribution in [3.63, 3.8) is 0 Å². The first-order chi connectivity index (χ1) is 7.99. The monoisotopic (exact) mass is 237 g/mol. The van der Waals surface area contributed by atoms with Gasteiger partial charge in [0.2, 0.25) is 0 Å². The van der Waals surface area contributed by atoms with Gasteiger partial charge in [-0.1, -0.05) is 6.07 Å². The quantitative estimate of drug-likeness (QED) is 0.539. The third-order valence-electron chi connectivity index (χ3n) is 2.65. The van der Waals surface area contributed by atoms with E-state index in [1.165, 1.54) is 12.1 Å². The van der Waals surface area contributed by atoms with E-state index in [2.05, 4.69) is 0 Å². The second-order valence-corrected chi connectivity index (χ2v) is 4.26. The van der Waals surface area contributed by atoms with Gasteiger partial charge in [-0.05, 0) is 37.5 Å². The van der Waals surface area contributed by atoms with Gasteiger partial charge in [-0.2, -0.15) is 0 Å². The number of nitrogens with two attached hydrogens (primary N) is 3. The van der Waals surface area contributed by atoms with Crippen LogP contribution in [0.1, 0.15) is 29.6 Å². The van der Waals surface area contributed by atoms with Crippen molar-refractivity contribution in [2.24, 2.45) is 11.5 Å². The Bertz CT molecular complexity index is 374. The Morgan fingerprint density at radius 1 is 1.24 bits per heavy atom. The lowest BCUT2D eigenvalue weighted by Crippen LogP contribution is -2.20. The molecule has 1 aromatic carbocycles. The Morgan fingerprint density at radius 2 is 1.82 bits per heavy atom. The number of aromatic carboxylic acids is 1. The molecule has 0 unspecified atom stereocenters. The Labute approximate surface area is 101 Å². The van der Waals surface area contributed by atoms with Crippen molar-refractivity contribution < 1.29 is 9.90 Å². The fraction of sp³-hybridized carbons (Fsp3) is 0.417. The van der Waals surface area contributed by atoms with E-state index in [9.17, 15) is 4.79 Å². The normalized spacial score (nSPS) is 22.7. The fourth-order valence-corrected chi connectivity index (χ4v) is 1.72. The minimum atomic E-state index is -0.952. The predicted octanol–water partition coefficient (Wildman–Crippen LogP) is 0.792. The first-order valence-corrected chi connectivity index (χ1v) is 5.59. The van der Waals surface area contributed by atoms with Gasteiger partial charge in [0.15, 0.2) is 0 Å². The SMILES string of the molecule is N[C@@H]1CC[C@H](N)C1.Nc1cccc(C(=O)O)c1. The molecule has 2 rings (SSSR count). The number of rotatable bonds is 1. The van der Waals surface area contributed by atoms with Crippen LogP contribution in [0.5, 0.6) is 0 Å². The Hall–Kier alpha value is -1.59. The fourth-order valence-electron chi connectivity index (χ4n) is 1.72. The van der Waals surface area contributed by atoms with E-state index in [0.29, 0.717) is 17.8 Å². The molecular weight excluding hydrogens is 218 g/mol. The Morgan fingerprint density at radius 3 is 2.12 bits per heavy atom. The topological polar surface area (TPSA) is 115 Å². The summed E-state index contributed by atoms with van der Waals surface area (Å²) >= 11 is 0. The van der Waals surface area contributed by atoms with Crippen molar-refractivity contribution >= 4 is 11.7 Å². The van der Waals surface area contributed by atoms with Gasteiger partial charge in [-0.3, -0.25) is 0 Å². The van der Waals surface area contributed by atoms with E-state index < -0.39 is 5.97 Å². The van der Waals surface area contributed by atoms with E-state index in [0.717, 1.165) is 19.3 Å². The van der Waals surface area contributed by atoms with Crippen LogP contribution in [-0.4, -0.2) is 23.2 Å². The molecule has 0 amide bonds. The Kier molecular flexibility index (Phi) is 4.93. The predicted molar refractivity (Wildman–Crippen MR) is 67.6 cm³/mol. The van der Waals surface area contributed by atoms with Gasteiger partial charge in [0.25, 0.3) is 0 Å². The molecule has 2 atom stereocenters. The lowest BCUT2D eigenvalue weighted by Gasteiger charge is -1.97. The Balaban J connectivity index is 0.000000181. The molecule has 0 bridgehead atoms. The summed E-state index contributed by atoms with van der Waals surface area (Å²) in [5.41, 5.74) is 17.1. The number of nitrogen functional groups attached to an aromatic ring is 1. The van der Waals surface area contributed by atoms with Crippen LogP contribution in [0.3, 0.4) is 0 Å². The van der Waals surface area contributed by atoms with Crippen LogP contribution >= 0.6 is 0 Å². The highest BCUT2D eigenvalue weighted by Crippen LogP contribution is 2.13. The zero-order chi connectivity index (χ0) is 12.8. The number of anilines is 1. The first kappa shape index (κ1) is 13.5. The molecule has 1 aliphatic rings. The zero-order valence-electron chi connectivity index (χ0n) is 9.67. The number of carboxylic acids is 1. The molecule has 1 fully saturated rings. The number of hydrogen-bond acceptors (Lipinski definition) is 4. The molecule has 0 heterocycles. The van der Waals surface area contributed by atoms with Crippen LogP contribution < -0.4 is 17.2 Å². The van der Waals surface area contributed by atoms with Gasteiger partial charge in [0.05, 0.1) is 5.56 Å². The van der Waals surface area contributed by atoms with Crippen LogP contribution in [0.4, 0.5) is 5.69 Å². The van der Waals surface area contributed by atoms with Crippen LogP contribution in [0.2, 0.25) is 0 Å². The third kappa shape index (κ3) is 4.84. The second-order valence-electron chi connectivity index (χ2n) is 4.26. The van der Waals surface area contributed by atoms with Gasteiger partial charge in [0.1, 0.15) is 0 Å². The van der Waals surface area contributed by atoms with Gasteiger partial charge in [-0.25, -0.2) is 4.79 Å². The van der Waals surface area contributed by atoms with Crippen molar-refractivity contribution in [2.45, 2.75) is 31.3 Å². The summed E-state index contributed by atoms with van der Waals surface area (Å²) in [7, 11) is 0. The standard InChI is InChI=1S/C7H7NO2.C5H12N2/c8-6-3-1-2-5(4-6)7(9)10;6-4-1-2-5(7)3-4/h1-4H,8H2,(H,9,10);4-5H,1-3,6-7H2/t;4-,5+. The van der Waals surface area contributed by atoms with Crippen LogP contribution in [0, 0.1) is 0 Å². The van der Waals surface area contributed by atoms with Crippen molar-refractivity contribution in [1.29, 1.82) is 0 Å². The number of hydrogen-bond donors (Lipinski definition) is 4. The molecule has 94 valence electrons. The average molecular weight is 237 g/mol. The van der Waals surface area contributed by atoms with Crippen LogP contribution in [0.15, 0.2) is 24.3 Å². The summed E-state index contributed by atoms with van der Waals surface area (Å²) in [5, 5.41) is 8.45. The summed E-state index contributed by atoms with van der Waals surface area (Å²) in [6.45, 7) is 0. The maximum Gasteiger partial charge on any atom is 0.335 e. The van der Waals surface area contributed by atoms with Crippen LogP contribution in [0.25, 0.3) is 0 Å². The molecule has 0 radical (unpaired) electrons. The molecule has 0 aliphatic heterocycles. The summed E-state index contributed by atoms with van der Waals surface area (Å²) in [5.74, 6) is -0.952. The molecule has 0 aromatic heterocycles. The highest BCUT2D eigenvalue weighted by Gasteiger charge is 2.16. The maximum atomic E-state index is 10.3. The van der Waals surface area contributed by atoms with E-state index in [1.54, 1.807) is 12.1 Å². The minimum Gasteiger partial charge on any atom is -0.478 e.